The predicted octanol–water partition coefficient (Wildman–Crippen LogP) is 1.57. The number of hydrogen-bond acceptors (Lipinski definition) is 3. The average Bonchev–Trinajstić information content (AvgIpc) is 2.28. The monoisotopic (exact) mass is 221 g/mol. The molecular formula is C12H15NO3. The Kier molecular flexibility index (Phi) is 4.19. The van der Waals surface area contributed by atoms with Crippen molar-refractivity contribution < 1.29 is 14.7 Å². The van der Waals surface area contributed by atoms with E-state index in [-0.39, 0.29) is 17.4 Å². The summed E-state index contributed by atoms with van der Waals surface area (Å²) < 4.78 is 0. The van der Waals surface area contributed by atoms with Crippen molar-refractivity contribution in [3.63, 3.8) is 0 Å². The zero-order valence-electron chi connectivity index (χ0n) is 9.36. The highest BCUT2D eigenvalue weighted by Gasteiger charge is 2.14. The third kappa shape index (κ3) is 2.90. The van der Waals surface area contributed by atoms with Gasteiger partial charge >= 0.3 is 5.97 Å². The van der Waals surface area contributed by atoms with E-state index >= 15 is 0 Å². The van der Waals surface area contributed by atoms with Crippen molar-refractivity contribution in [1.29, 1.82) is 0 Å². The maximum atomic E-state index is 11.8. The number of likely N-dealkylation sites (N-methyl/N-ethyl adjacent to an activating group) is 1. The van der Waals surface area contributed by atoms with Crippen molar-refractivity contribution in [2.75, 3.05) is 6.54 Å². The van der Waals surface area contributed by atoms with Crippen LogP contribution in [0.25, 0.3) is 0 Å². The summed E-state index contributed by atoms with van der Waals surface area (Å²) in [5.41, 5.74) is 0.714. The molecule has 0 heterocycles. The molecule has 1 rings (SSSR count). The Morgan fingerprint density at radius 3 is 2.19 bits per heavy atom. The van der Waals surface area contributed by atoms with Gasteiger partial charge in [0.25, 0.3) is 0 Å². The van der Waals surface area contributed by atoms with Crippen LogP contribution in [0.1, 0.15) is 34.6 Å². The Balaban J connectivity index is 2.81. The third-order valence-corrected chi connectivity index (χ3v) is 2.32. The van der Waals surface area contributed by atoms with Gasteiger partial charge in [0.1, 0.15) is 0 Å². The number of carbonyl (C=O) groups is 2. The first-order valence-corrected chi connectivity index (χ1v) is 5.17. The Morgan fingerprint density at radius 2 is 1.75 bits per heavy atom. The summed E-state index contributed by atoms with van der Waals surface area (Å²) in [6, 6.07) is 5.71. The van der Waals surface area contributed by atoms with Crippen LogP contribution in [0.5, 0.6) is 0 Å². The molecule has 1 aromatic rings. The van der Waals surface area contributed by atoms with Crippen molar-refractivity contribution in [2.24, 2.45) is 0 Å². The summed E-state index contributed by atoms with van der Waals surface area (Å²) in [5, 5.41) is 11.7. The molecule has 1 aromatic carbocycles. The summed E-state index contributed by atoms with van der Waals surface area (Å²) in [7, 11) is 0. The second-order valence-corrected chi connectivity index (χ2v) is 3.53. The van der Waals surface area contributed by atoms with Gasteiger partial charge < -0.3 is 10.4 Å². The number of ketones is 1. The van der Waals surface area contributed by atoms with Gasteiger partial charge in [-0.05, 0) is 25.6 Å². The van der Waals surface area contributed by atoms with Gasteiger partial charge in [-0.25, -0.2) is 4.79 Å². The van der Waals surface area contributed by atoms with Crippen LogP contribution in [0.3, 0.4) is 0 Å². The molecule has 4 nitrogen and oxygen atoms in total. The van der Waals surface area contributed by atoms with E-state index < -0.39 is 5.97 Å². The lowest BCUT2D eigenvalue weighted by molar-refractivity contribution is 0.0696. The number of rotatable bonds is 5. The third-order valence-electron chi connectivity index (χ3n) is 2.32. The van der Waals surface area contributed by atoms with Crippen molar-refractivity contribution >= 4 is 11.8 Å². The molecule has 0 aromatic heterocycles. The minimum atomic E-state index is -0.987. The summed E-state index contributed by atoms with van der Waals surface area (Å²) >= 11 is 0. The molecule has 86 valence electrons. The molecule has 2 N–H and O–H groups in total. The Labute approximate surface area is 94.3 Å². The van der Waals surface area contributed by atoms with Gasteiger partial charge in [0, 0.05) is 5.56 Å². The average molecular weight is 221 g/mol. The first-order valence-electron chi connectivity index (χ1n) is 5.17. The fraction of sp³-hybridized carbons (Fsp3) is 0.333. The number of Topliss-reactive ketones (excluding diaryl/α,β-unsaturated/α-hetero) is 1. The highest BCUT2D eigenvalue weighted by atomic mass is 16.4. The molecule has 16 heavy (non-hydrogen) atoms. The number of carbonyl (C=O) groups excluding carboxylic acids is 1. The summed E-state index contributed by atoms with van der Waals surface area (Å²) in [4.78, 5) is 22.4. The molecule has 4 heteroatoms. The van der Waals surface area contributed by atoms with Crippen LogP contribution in [-0.4, -0.2) is 29.4 Å². The van der Waals surface area contributed by atoms with E-state index in [1.807, 2.05) is 6.92 Å². The van der Waals surface area contributed by atoms with Crippen LogP contribution in [0.15, 0.2) is 24.3 Å². The lowest BCUT2D eigenvalue weighted by Gasteiger charge is -2.10. The maximum Gasteiger partial charge on any atom is 0.335 e. The van der Waals surface area contributed by atoms with Crippen LogP contribution in [0.4, 0.5) is 0 Å². The minimum Gasteiger partial charge on any atom is -0.478 e. The number of carboxylic acid groups (broad SMARTS) is 1. The van der Waals surface area contributed by atoms with Crippen LogP contribution in [0, 0.1) is 0 Å². The van der Waals surface area contributed by atoms with Gasteiger partial charge in [0.15, 0.2) is 5.78 Å². The second kappa shape index (κ2) is 5.42. The molecule has 0 spiro atoms. The molecule has 0 bridgehead atoms. The Bertz CT molecular complexity index is 384. The Hall–Kier alpha value is -1.68. The smallest absolute Gasteiger partial charge is 0.335 e. The van der Waals surface area contributed by atoms with Crippen LogP contribution >= 0.6 is 0 Å². The number of aromatic carboxylic acids is 1. The van der Waals surface area contributed by atoms with Gasteiger partial charge in [0.05, 0.1) is 11.6 Å². The van der Waals surface area contributed by atoms with E-state index in [0.717, 1.165) is 6.54 Å². The first-order chi connectivity index (χ1) is 7.56. The normalized spacial score (nSPS) is 12.1. The fourth-order valence-corrected chi connectivity index (χ4v) is 1.43. The van der Waals surface area contributed by atoms with Crippen molar-refractivity contribution in [1.82, 2.24) is 5.32 Å². The number of nitrogens with one attached hydrogen (secondary N) is 1. The van der Waals surface area contributed by atoms with Crippen molar-refractivity contribution in [3.05, 3.63) is 35.4 Å². The highest BCUT2D eigenvalue weighted by molar-refractivity contribution is 6.00. The predicted molar refractivity (Wildman–Crippen MR) is 60.9 cm³/mol. The maximum absolute atomic E-state index is 11.8. The molecule has 0 radical (unpaired) electrons. The van der Waals surface area contributed by atoms with Gasteiger partial charge in [-0.3, -0.25) is 4.79 Å². The molecule has 1 unspecified atom stereocenters. The van der Waals surface area contributed by atoms with E-state index in [9.17, 15) is 9.59 Å². The van der Waals surface area contributed by atoms with E-state index in [2.05, 4.69) is 5.32 Å². The van der Waals surface area contributed by atoms with Crippen LogP contribution < -0.4 is 5.32 Å². The standard InChI is InChI=1S/C12H15NO3/c1-3-13-8(2)11(14)9-4-6-10(7-5-9)12(15)16/h4-8,13H,3H2,1-2H3,(H,15,16). The number of carboxylic acids is 1. The number of benzene rings is 1. The SMILES string of the molecule is CCNC(C)C(=O)c1ccc(C(=O)O)cc1. The molecule has 0 aliphatic carbocycles. The quantitative estimate of drug-likeness (QED) is 0.740. The fourth-order valence-electron chi connectivity index (χ4n) is 1.43. The molecule has 0 saturated carbocycles. The molecule has 0 saturated heterocycles. The van der Waals surface area contributed by atoms with Gasteiger partial charge in [-0.2, -0.15) is 0 Å². The topological polar surface area (TPSA) is 66.4 Å². The summed E-state index contributed by atoms with van der Waals surface area (Å²) in [6.07, 6.45) is 0. The van der Waals surface area contributed by atoms with Crippen molar-refractivity contribution in [3.8, 4) is 0 Å². The van der Waals surface area contributed by atoms with E-state index in [0.29, 0.717) is 5.56 Å². The summed E-state index contributed by atoms with van der Waals surface area (Å²) in [5.74, 6) is -1.02. The van der Waals surface area contributed by atoms with Gasteiger partial charge in [0.2, 0.25) is 0 Å². The largest absolute Gasteiger partial charge is 0.478 e. The first kappa shape index (κ1) is 12.4. The van der Waals surface area contributed by atoms with E-state index in [1.165, 1.54) is 12.1 Å². The molecule has 0 aliphatic rings. The molecule has 0 fully saturated rings. The molecule has 0 aliphatic heterocycles. The van der Waals surface area contributed by atoms with E-state index in [1.54, 1.807) is 19.1 Å². The second-order valence-electron chi connectivity index (χ2n) is 3.53. The summed E-state index contributed by atoms with van der Waals surface area (Å²) in [6.45, 7) is 4.44. The van der Waals surface area contributed by atoms with Crippen LogP contribution in [0.2, 0.25) is 0 Å². The van der Waals surface area contributed by atoms with E-state index in [4.69, 9.17) is 5.11 Å². The van der Waals surface area contributed by atoms with Gasteiger partial charge in [-0.15, -0.1) is 0 Å². The highest BCUT2D eigenvalue weighted by Crippen LogP contribution is 2.07. The van der Waals surface area contributed by atoms with Gasteiger partial charge in [-0.1, -0.05) is 19.1 Å². The number of hydrogen-bond donors (Lipinski definition) is 2. The molecule has 0 amide bonds. The molecule has 1 atom stereocenters. The lowest BCUT2D eigenvalue weighted by atomic mass is 10.0. The zero-order valence-corrected chi connectivity index (χ0v) is 9.36. The lowest BCUT2D eigenvalue weighted by Crippen LogP contribution is -2.33. The minimum absolute atomic E-state index is 0.0289. The zero-order chi connectivity index (χ0) is 12.1. The van der Waals surface area contributed by atoms with Crippen molar-refractivity contribution in [2.45, 2.75) is 19.9 Å². The van der Waals surface area contributed by atoms with Crippen LogP contribution in [-0.2, 0) is 0 Å². The molecular weight excluding hydrogens is 206 g/mol. The Morgan fingerprint density at radius 1 is 1.25 bits per heavy atom.